The van der Waals surface area contributed by atoms with Gasteiger partial charge in [0.15, 0.2) is 0 Å². The summed E-state index contributed by atoms with van der Waals surface area (Å²) in [5.74, 6) is -1.84. The highest BCUT2D eigenvalue weighted by molar-refractivity contribution is 5.93. The van der Waals surface area contributed by atoms with Gasteiger partial charge in [-0.25, -0.2) is 9.18 Å². The molecule has 1 atom stereocenters. The molecule has 0 spiro atoms. The van der Waals surface area contributed by atoms with Gasteiger partial charge in [-0.15, -0.1) is 0 Å². The molecule has 7 heteroatoms. The van der Waals surface area contributed by atoms with E-state index in [4.69, 9.17) is 0 Å². The minimum Gasteiger partial charge on any atom is -0.477 e. The van der Waals surface area contributed by atoms with Crippen LogP contribution in [0.5, 0.6) is 0 Å². The van der Waals surface area contributed by atoms with Crippen LogP contribution in [0.25, 0.3) is 10.9 Å². The van der Waals surface area contributed by atoms with Crippen LogP contribution in [0.2, 0.25) is 0 Å². The third-order valence-corrected chi connectivity index (χ3v) is 5.46. The standard InChI is InChI=1S/C23H22FN3O3/c1-2-26-14-18(23(29)30)22(28)17-10-19(24)21(11-20(17)26)27-9-8-16(13-27)25-12-15-6-4-3-5-7-15/h3-7,10-12,14,16H,2,8-9,13H2,1H3,(H,29,30). The molecule has 4 rings (SSSR count). The predicted octanol–water partition coefficient (Wildman–Crippen LogP) is 3.56. The van der Waals surface area contributed by atoms with Crippen LogP contribution in [0, 0.1) is 5.82 Å². The molecular formula is C23H22FN3O3. The summed E-state index contributed by atoms with van der Waals surface area (Å²) >= 11 is 0. The number of carbonyl (C=O) groups is 1. The van der Waals surface area contributed by atoms with E-state index in [1.54, 1.807) is 10.6 Å². The van der Waals surface area contributed by atoms with Crippen LogP contribution in [-0.2, 0) is 6.54 Å². The Labute approximate surface area is 172 Å². The third-order valence-electron chi connectivity index (χ3n) is 5.46. The number of nitrogens with zero attached hydrogens (tertiary/aromatic N) is 3. The number of aliphatic imine (C=N–C) groups is 1. The predicted molar refractivity (Wildman–Crippen MR) is 115 cm³/mol. The Morgan fingerprint density at radius 1 is 1.30 bits per heavy atom. The molecule has 1 unspecified atom stereocenters. The molecule has 1 fully saturated rings. The number of hydrogen-bond acceptors (Lipinski definition) is 4. The molecule has 1 aliphatic heterocycles. The second-order valence-corrected chi connectivity index (χ2v) is 7.36. The van der Waals surface area contributed by atoms with Gasteiger partial charge in [0.2, 0.25) is 5.43 Å². The first kappa shape index (κ1) is 19.8. The molecule has 1 aliphatic rings. The number of anilines is 1. The van der Waals surface area contributed by atoms with Gasteiger partial charge in [-0.3, -0.25) is 9.79 Å². The first-order valence-corrected chi connectivity index (χ1v) is 9.91. The van der Waals surface area contributed by atoms with Crippen LogP contribution >= 0.6 is 0 Å². The first-order chi connectivity index (χ1) is 14.5. The lowest BCUT2D eigenvalue weighted by Crippen LogP contribution is -2.23. The average Bonchev–Trinajstić information content (AvgIpc) is 3.22. The van der Waals surface area contributed by atoms with Gasteiger partial charge >= 0.3 is 5.97 Å². The molecule has 1 N–H and O–H groups in total. The summed E-state index contributed by atoms with van der Waals surface area (Å²) in [6.45, 7) is 3.55. The number of rotatable bonds is 5. The first-order valence-electron chi connectivity index (χ1n) is 9.91. The lowest BCUT2D eigenvalue weighted by atomic mass is 10.1. The molecule has 0 amide bonds. The van der Waals surface area contributed by atoms with Crippen molar-refractivity contribution in [1.82, 2.24) is 4.57 Å². The van der Waals surface area contributed by atoms with E-state index in [0.717, 1.165) is 18.1 Å². The third kappa shape index (κ3) is 3.70. The Morgan fingerprint density at radius 2 is 2.07 bits per heavy atom. The summed E-state index contributed by atoms with van der Waals surface area (Å²) in [6, 6.07) is 12.7. The minimum atomic E-state index is -1.31. The van der Waals surface area contributed by atoms with Crippen molar-refractivity contribution in [3.63, 3.8) is 0 Å². The van der Waals surface area contributed by atoms with E-state index in [1.807, 2.05) is 48.4 Å². The second kappa shape index (κ2) is 8.10. The smallest absolute Gasteiger partial charge is 0.341 e. The van der Waals surface area contributed by atoms with E-state index in [2.05, 4.69) is 4.99 Å². The fourth-order valence-electron chi connectivity index (χ4n) is 3.87. The molecule has 1 saturated heterocycles. The maximum atomic E-state index is 14.9. The van der Waals surface area contributed by atoms with Crippen LogP contribution in [-0.4, -0.2) is 41.0 Å². The Balaban J connectivity index is 1.66. The normalized spacial score (nSPS) is 16.6. The molecular weight excluding hydrogens is 385 g/mol. The summed E-state index contributed by atoms with van der Waals surface area (Å²) in [4.78, 5) is 30.4. The Kier molecular flexibility index (Phi) is 5.35. The van der Waals surface area contributed by atoms with Gasteiger partial charge in [-0.1, -0.05) is 30.3 Å². The van der Waals surface area contributed by atoms with Crippen molar-refractivity contribution in [2.24, 2.45) is 4.99 Å². The lowest BCUT2D eigenvalue weighted by molar-refractivity contribution is 0.0695. The van der Waals surface area contributed by atoms with Crippen LogP contribution in [0.1, 0.15) is 29.3 Å². The second-order valence-electron chi connectivity index (χ2n) is 7.36. The van der Waals surface area contributed by atoms with Gasteiger partial charge in [-0.2, -0.15) is 0 Å². The molecule has 6 nitrogen and oxygen atoms in total. The number of benzene rings is 2. The van der Waals surface area contributed by atoms with Crippen molar-refractivity contribution in [1.29, 1.82) is 0 Å². The van der Waals surface area contributed by atoms with Crippen molar-refractivity contribution in [2.45, 2.75) is 25.9 Å². The maximum Gasteiger partial charge on any atom is 0.341 e. The molecule has 0 saturated carbocycles. The molecule has 2 aromatic carbocycles. The SMILES string of the molecule is CCn1cc(C(=O)O)c(=O)c2cc(F)c(N3CCC(N=Cc4ccccc4)C3)cc21. The quantitative estimate of drug-likeness (QED) is 0.657. The summed E-state index contributed by atoms with van der Waals surface area (Å²) < 4.78 is 16.6. The van der Waals surface area contributed by atoms with Crippen molar-refractivity contribution in [2.75, 3.05) is 18.0 Å². The number of hydrogen-bond donors (Lipinski definition) is 1. The number of carboxylic acid groups (broad SMARTS) is 1. The van der Waals surface area contributed by atoms with Crippen molar-refractivity contribution in [3.8, 4) is 0 Å². The van der Waals surface area contributed by atoms with E-state index in [1.165, 1.54) is 6.20 Å². The number of aromatic carboxylic acids is 1. The maximum absolute atomic E-state index is 14.9. The van der Waals surface area contributed by atoms with Gasteiger partial charge < -0.3 is 14.6 Å². The van der Waals surface area contributed by atoms with Gasteiger partial charge in [0.25, 0.3) is 0 Å². The molecule has 154 valence electrons. The Morgan fingerprint density at radius 3 is 2.77 bits per heavy atom. The summed E-state index contributed by atoms with van der Waals surface area (Å²) in [5, 5.41) is 9.35. The van der Waals surface area contributed by atoms with Gasteiger partial charge in [0, 0.05) is 37.4 Å². The van der Waals surface area contributed by atoms with Crippen molar-refractivity contribution in [3.05, 3.63) is 75.8 Å². The molecule has 1 aromatic heterocycles. The summed E-state index contributed by atoms with van der Waals surface area (Å²) in [7, 11) is 0. The molecule has 3 aromatic rings. The van der Waals surface area contributed by atoms with Gasteiger partial charge in [-0.05, 0) is 31.0 Å². The highest BCUT2D eigenvalue weighted by Crippen LogP contribution is 2.28. The van der Waals surface area contributed by atoms with E-state index in [0.29, 0.717) is 30.8 Å². The van der Waals surface area contributed by atoms with E-state index < -0.39 is 17.2 Å². The Bertz CT molecular complexity index is 1190. The zero-order valence-corrected chi connectivity index (χ0v) is 16.6. The van der Waals surface area contributed by atoms with Crippen molar-refractivity contribution >= 4 is 28.8 Å². The van der Waals surface area contributed by atoms with Gasteiger partial charge in [0.1, 0.15) is 11.4 Å². The monoisotopic (exact) mass is 407 g/mol. The fraction of sp³-hybridized carbons (Fsp3) is 0.261. The molecule has 2 heterocycles. The molecule has 30 heavy (non-hydrogen) atoms. The number of aryl methyl sites for hydroxylation is 1. The number of halogens is 1. The lowest BCUT2D eigenvalue weighted by Gasteiger charge is -2.20. The van der Waals surface area contributed by atoms with Crippen LogP contribution < -0.4 is 10.3 Å². The summed E-state index contributed by atoms with van der Waals surface area (Å²) in [5.41, 5.74) is 0.936. The Hall–Kier alpha value is -3.48. The minimum absolute atomic E-state index is 0.0584. The van der Waals surface area contributed by atoms with Crippen LogP contribution in [0.15, 0.2) is 58.4 Å². The zero-order valence-electron chi connectivity index (χ0n) is 16.6. The average molecular weight is 407 g/mol. The number of fused-ring (bicyclic) bond motifs is 1. The zero-order chi connectivity index (χ0) is 21.3. The summed E-state index contributed by atoms with van der Waals surface area (Å²) in [6.07, 6.45) is 3.97. The number of carboxylic acids is 1. The largest absolute Gasteiger partial charge is 0.477 e. The van der Waals surface area contributed by atoms with E-state index in [-0.39, 0.29) is 17.0 Å². The van der Waals surface area contributed by atoms with Crippen LogP contribution in [0.3, 0.4) is 0 Å². The highest BCUT2D eigenvalue weighted by Gasteiger charge is 2.25. The van der Waals surface area contributed by atoms with Crippen molar-refractivity contribution < 1.29 is 14.3 Å². The molecule has 0 bridgehead atoms. The molecule has 0 radical (unpaired) electrons. The topological polar surface area (TPSA) is 74.9 Å². The fourth-order valence-corrected chi connectivity index (χ4v) is 3.87. The highest BCUT2D eigenvalue weighted by atomic mass is 19.1. The van der Waals surface area contributed by atoms with E-state index in [9.17, 15) is 19.1 Å². The molecule has 0 aliphatic carbocycles. The van der Waals surface area contributed by atoms with Crippen LogP contribution in [0.4, 0.5) is 10.1 Å². The van der Waals surface area contributed by atoms with E-state index >= 15 is 0 Å². The number of aromatic nitrogens is 1. The number of pyridine rings is 1. The van der Waals surface area contributed by atoms with Gasteiger partial charge in [0.05, 0.1) is 17.2 Å².